The summed E-state index contributed by atoms with van der Waals surface area (Å²) in [5.74, 6) is -0.586. The van der Waals surface area contributed by atoms with Gasteiger partial charge < -0.3 is 4.74 Å². The van der Waals surface area contributed by atoms with Crippen LogP contribution in [0.2, 0.25) is 0 Å². The molecule has 1 N–H and O–H groups in total. The highest BCUT2D eigenvalue weighted by molar-refractivity contribution is 7.12. The van der Waals surface area contributed by atoms with Gasteiger partial charge in [-0.3, -0.25) is 14.9 Å². The topological polar surface area (TPSA) is 86.1 Å². The van der Waals surface area contributed by atoms with Crippen LogP contribution in [0.5, 0.6) is 5.06 Å². The predicted molar refractivity (Wildman–Crippen MR) is 100 cm³/mol. The van der Waals surface area contributed by atoms with Gasteiger partial charge in [0.2, 0.25) is 5.91 Å². The Morgan fingerprint density at radius 1 is 1.30 bits per heavy atom. The van der Waals surface area contributed by atoms with E-state index in [1.54, 1.807) is 6.20 Å². The molecule has 0 spiro atoms. The van der Waals surface area contributed by atoms with Gasteiger partial charge in [0.25, 0.3) is 5.91 Å². The number of thiophene rings is 1. The number of nitrogens with zero attached hydrogens (tertiary/aromatic N) is 3. The summed E-state index contributed by atoms with van der Waals surface area (Å²) in [7, 11) is 0. The molecule has 1 aromatic carbocycles. The number of amides is 2. The molecule has 2 atom stereocenters. The molecule has 1 saturated heterocycles. The highest BCUT2D eigenvalue weighted by Gasteiger charge is 2.29. The van der Waals surface area contributed by atoms with Gasteiger partial charge in [-0.2, -0.15) is 0 Å². The quantitative estimate of drug-likeness (QED) is 0.685. The minimum atomic E-state index is -0.503. The number of ether oxygens (including phenoxy) is 1. The van der Waals surface area contributed by atoms with Crippen molar-refractivity contribution in [2.24, 2.45) is 0 Å². The molecule has 2 unspecified atom stereocenters. The summed E-state index contributed by atoms with van der Waals surface area (Å²) in [6.45, 7) is 2.01. The molecule has 3 aromatic rings. The lowest BCUT2D eigenvalue weighted by atomic mass is 10.1. The van der Waals surface area contributed by atoms with Crippen LogP contribution in [0, 0.1) is 0 Å². The van der Waals surface area contributed by atoms with Gasteiger partial charge in [0, 0.05) is 23.4 Å². The van der Waals surface area contributed by atoms with Crippen molar-refractivity contribution >= 4 is 23.2 Å². The molecule has 138 valence electrons. The van der Waals surface area contributed by atoms with Gasteiger partial charge in [-0.25, -0.2) is 4.68 Å². The van der Waals surface area contributed by atoms with Crippen LogP contribution in [0.4, 0.5) is 0 Å². The molecule has 27 heavy (non-hydrogen) atoms. The van der Waals surface area contributed by atoms with Crippen LogP contribution < -0.4 is 10.1 Å². The van der Waals surface area contributed by atoms with Crippen molar-refractivity contribution < 1.29 is 14.3 Å². The molecule has 1 aliphatic heterocycles. The van der Waals surface area contributed by atoms with E-state index in [0.29, 0.717) is 18.5 Å². The molecule has 3 heterocycles. The number of hydrogen-bond donors (Lipinski definition) is 1. The van der Waals surface area contributed by atoms with E-state index >= 15 is 0 Å². The molecule has 2 amide bonds. The van der Waals surface area contributed by atoms with Crippen LogP contribution in [-0.2, 0) is 9.59 Å². The van der Waals surface area contributed by atoms with Crippen LogP contribution in [0.15, 0.2) is 48.0 Å². The van der Waals surface area contributed by atoms with E-state index in [1.165, 1.54) is 16.0 Å². The zero-order valence-corrected chi connectivity index (χ0v) is 15.5. The Morgan fingerprint density at radius 2 is 2.11 bits per heavy atom. The Morgan fingerprint density at radius 3 is 2.89 bits per heavy atom. The lowest BCUT2D eigenvalue weighted by Crippen LogP contribution is -2.41. The lowest BCUT2D eigenvalue weighted by molar-refractivity contribution is -0.136. The number of imide groups is 1. The molecule has 8 heteroatoms. The van der Waals surface area contributed by atoms with E-state index in [4.69, 9.17) is 4.74 Å². The number of piperidine rings is 1. The Kier molecular flexibility index (Phi) is 4.72. The second-order valence-electron chi connectivity index (χ2n) is 6.38. The van der Waals surface area contributed by atoms with Crippen LogP contribution in [-0.4, -0.2) is 26.8 Å². The fourth-order valence-electron chi connectivity index (χ4n) is 2.97. The Hall–Kier alpha value is -3.00. The lowest BCUT2D eigenvalue weighted by Gasteiger charge is -2.20. The van der Waals surface area contributed by atoms with Gasteiger partial charge >= 0.3 is 0 Å². The second-order valence-corrected chi connectivity index (χ2v) is 7.25. The first-order valence-corrected chi connectivity index (χ1v) is 9.54. The number of aromatic nitrogens is 3. The number of carbonyl (C=O) groups is 2. The standard InChI is InChI=1S/C19H18N4O3S/c1-12(13-5-3-2-4-6-13)26-18-9-14(11-27-18)15-10-23(22-21-15)16-7-8-17(24)20-19(16)25/h2-6,9-12,16H,7-8H2,1H3,(H,20,24,25). The molecule has 4 rings (SSSR count). The van der Waals surface area contributed by atoms with Crippen molar-refractivity contribution in [1.29, 1.82) is 0 Å². The second kappa shape index (κ2) is 7.32. The summed E-state index contributed by atoms with van der Waals surface area (Å²) in [4.78, 5) is 23.3. The minimum absolute atomic E-state index is 0.0585. The summed E-state index contributed by atoms with van der Waals surface area (Å²) in [5, 5.41) is 13.3. The number of nitrogens with one attached hydrogen (secondary N) is 1. The molecule has 2 aromatic heterocycles. The van der Waals surface area contributed by atoms with E-state index in [2.05, 4.69) is 15.6 Å². The maximum atomic E-state index is 12.0. The molecule has 0 bridgehead atoms. The minimum Gasteiger partial charge on any atom is -0.476 e. The molecule has 1 aliphatic rings. The van der Waals surface area contributed by atoms with Gasteiger partial charge in [-0.1, -0.05) is 35.5 Å². The average Bonchev–Trinajstić information content (AvgIpc) is 3.32. The Bertz CT molecular complexity index is 966. The van der Waals surface area contributed by atoms with Gasteiger partial charge in [-0.15, -0.1) is 16.4 Å². The number of rotatable bonds is 5. The molecule has 0 radical (unpaired) electrons. The largest absolute Gasteiger partial charge is 0.476 e. The van der Waals surface area contributed by atoms with Gasteiger partial charge in [-0.05, 0) is 18.9 Å². The Balaban J connectivity index is 1.47. The summed E-state index contributed by atoms with van der Waals surface area (Å²) >= 11 is 1.49. The third-order valence-corrected chi connectivity index (χ3v) is 5.29. The van der Waals surface area contributed by atoms with Crippen molar-refractivity contribution in [1.82, 2.24) is 20.3 Å². The maximum Gasteiger partial charge on any atom is 0.251 e. The van der Waals surface area contributed by atoms with Gasteiger partial charge in [0.15, 0.2) is 5.06 Å². The van der Waals surface area contributed by atoms with Crippen molar-refractivity contribution in [3.8, 4) is 16.3 Å². The third-order valence-electron chi connectivity index (χ3n) is 4.47. The van der Waals surface area contributed by atoms with Crippen LogP contribution in [0.25, 0.3) is 11.3 Å². The number of hydrogen-bond acceptors (Lipinski definition) is 6. The first-order chi connectivity index (χ1) is 13.1. The smallest absolute Gasteiger partial charge is 0.251 e. The van der Waals surface area contributed by atoms with Crippen LogP contribution >= 0.6 is 11.3 Å². The summed E-state index contributed by atoms with van der Waals surface area (Å²) < 4.78 is 7.53. The Labute approximate surface area is 160 Å². The fraction of sp³-hybridized carbons (Fsp3) is 0.263. The van der Waals surface area contributed by atoms with E-state index in [1.807, 2.05) is 48.7 Å². The van der Waals surface area contributed by atoms with E-state index in [9.17, 15) is 9.59 Å². The normalized spacial score (nSPS) is 18.2. The monoisotopic (exact) mass is 382 g/mol. The van der Waals surface area contributed by atoms with Crippen molar-refractivity contribution in [3.05, 3.63) is 53.5 Å². The summed E-state index contributed by atoms with van der Waals surface area (Å²) in [6.07, 6.45) is 2.41. The first kappa shape index (κ1) is 17.4. The average molecular weight is 382 g/mol. The molecular formula is C19H18N4O3S. The van der Waals surface area contributed by atoms with E-state index in [0.717, 1.165) is 16.2 Å². The highest BCUT2D eigenvalue weighted by atomic mass is 32.1. The molecule has 0 aliphatic carbocycles. The molecular weight excluding hydrogens is 364 g/mol. The maximum absolute atomic E-state index is 12.0. The predicted octanol–water partition coefficient (Wildman–Crippen LogP) is 3.12. The van der Waals surface area contributed by atoms with Crippen molar-refractivity contribution in [2.45, 2.75) is 31.9 Å². The first-order valence-electron chi connectivity index (χ1n) is 8.66. The zero-order chi connectivity index (χ0) is 18.8. The van der Waals surface area contributed by atoms with Crippen LogP contribution in [0.1, 0.15) is 37.5 Å². The third kappa shape index (κ3) is 3.75. The van der Waals surface area contributed by atoms with Gasteiger partial charge in [0.05, 0.1) is 6.20 Å². The van der Waals surface area contributed by atoms with E-state index < -0.39 is 6.04 Å². The number of carbonyl (C=O) groups excluding carboxylic acids is 2. The number of benzene rings is 1. The van der Waals surface area contributed by atoms with Gasteiger partial charge in [0.1, 0.15) is 17.8 Å². The van der Waals surface area contributed by atoms with Crippen LogP contribution in [0.3, 0.4) is 0 Å². The fourth-order valence-corrected chi connectivity index (χ4v) is 3.80. The molecule has 0 saturated carbocycles. The van der Waals surface area contributed by atoms with E-state index in [-0.39, 0.29) is 17.9 Å². The summed E-state index contributed by atoms with van der Waals surface area (Å²) in [5.41, 5.74) is 2.66. The van der Waals surface area contributed by atoms with Crippen molar-refractivity contribution in [3.63, 3.8) is 0 Å². The summed E-state index contributed by atoms with van der Waals surface area (Å²) in [6, 6.07) is 11.4. The highest BCUT2D eigenvalue weighted by Crippen LogP contribution is 2.33. The zero-order valence-electron chi connectivity index (χ0n) is 14.7. The molecule has 1 fully saturated rings. The SMILES string of the molecule is CC(Oc1cc(-c2cn(C3CCC(=O)NC3=O)nn2)cs1)c1ccccc1. The van der Waals surface area contributed by atoms with Crippen molar-refractivity contribution in [2.75, 3.05) is 0 Å². The molecule has 7 nitrogen and oxygen atoms in total.